The number of hydrogen-bond acceptors (Lipinski definition) is 6. The summed E-state index contributed by atoms with van der Waals surface area (Å²) in [6, 6.07) is 12.5. The highest BCUT2D eigenvalue weighted by molar-refractivity contribution is 6.31. The fraction of sp³-hybridized carbons (Fsp3) is 0.222. The second-order valence-corrected chi connectivity index (χ2v) is 9.53. The molecule has 1 aliphatic heterocycles. The molecule has 1 saturated heterocycles. The van der Waals surface area contributed by atoms with E-state index in [0.29, 0.717) is 22.2 Å². The molecule has 0 aliphatic carbocycles. The molecule has 0 atom stereocenters. The van der Waals surface area contributed by atoms with Gasteiger partial charge >= 0.3 is 6.03 Å². The molecule has 2 aromatic carbocycles. The molecule has 3 heterocycles. The highest BCUT2D eigenvalue weighted by Gasteiger charge is 2.16. The van der Waals surface area contributed by atoms with Crippen molar-refractivity contribution >= 4 is 34.7 Å². The highest BCUT2D eigenvalue weighted by atomic mass is 35.5. The Balaban J connectivity index is 1.23. The molecule has 11 heteroatoms. The molecule has 2 aromatic heterocycles. The van der Waals surface area contributed by atoms with E-state index in [-0.39, 0.29) is 11.4 Å². The molecule has 0 bridgehead atoms. The summed E-state index contributed by atoms with van der Waals surface area (Å²) >= 11 is 6.31. The number of likely N-dealkylation sites (N-methyl/N-ethyl adjacent to an activating group) is 1. The third-order valence-electron chi connectivity index (χ3n) is 6.17. The number of amides is 2. The van der Waals surface area contributed by atoms with Gasteiger partial charge in [0.2, 0.25) is 0 Å². The van der Waals surface area contributed by atoms with Crippen LogP contribution in [0.15, 0.2) is 67.1 Å². The van der Waals surface area contributed by atoms with Crippen molar-refractivity contribution in [1.29, 1.82) is 0 Å². The number of urea groups is 1. The number of benzene rings is 2. The van der Waals surface area contributed by atoms with Gasteiger partial charge in [-0.3, -0.25) is 9.67 Å². The van der Waals surface area contributed by atoms with E-state index in [9.17, 15) is 9.18 Å². The summed E-state index contributed by atoms with van der Waals surface area (Å²) < 4.78 is 22.3. The van der Waals surface area contributed by atoms with E-state index in [0.717, 1.165) is 37.4 Å². The highest BCUT2D eigenvalue weighted by Crippen LogP contribution is 2.29. The van der Waals surface area contributed by atoms with Crippen molar-refractivity contribution in [2.45, 2.75) is 0 Å². The van der Waals surface area contributed by atoms with E-state index in [1.54, 1.807) is 41.3 Å². The smallest absolute Gasteiger partial charge is 0.323 e. The monoisotopic (exact) mass is 535 g/mol. The Hall–Kier alpha value is -4.15. The van der Waals surface area contributed by atoms with Crippen molar-refractivity contribution in [3.8, 4) is 22.8 Å². The molecule has 4 aromatic rings. The van der Waals surface area contributed by atoms with Crippen LogP contribution < -0.4 is 20.3 Å². The number of halogens is 2. The van der Waals surface area contributed by atoms with Crippen LogP contribution in [-0.2, 0) is 7.05 Å². The Morgan fingerprint density at radius 2 is 1.79 bits per heavy atom. The van der Waals surface area contributed by atoms with Crippen molar-refractivity contribution in [3.63, 3.8) is 0 Å². The zero-order chi connectivity index (χ0) is 26.6. The molecule has 2 N–H and O–H groups in total. The summed E-state index contributed by atoms with van der Waals surface area (Å²) in [5.41, 5.74) is 2.98. The molecule has 5 rings (SSSR count). The third-order valence-corrected chi connectivity index (χ3v) is 6.38. The van der Waals surface area contributed by atoms with Gasteiger partial charge in [-0.15, -0.1) is 0 Å². The predicted molar refractivity (Wildman–Crippen MR) is 147 cm³/mol. The second-order valence-electron chi connectivity index (χ2n) is 9.09. The predicted octanol–water partition coefficient (Wildman–Crippen LogP) is 5.46. The first-order valence-corrected chi connectivity index (χ1v) is 12.4. The normalized spacial score (nSPS) is 13.8. The van der Waals surface area contributed by atoms with Gasteiger partial charge in [0.15, 0.2) is 0 Å². The number of hydrogen-bond donors (Lipinski definition) is 2. The lowest BCUT2D eigenvalue weighted by molar-refractivity contribution is 0.262. The maximum atomic E-state index is 14.8. The SMILES string of the molecule is CN1CCN(c2cc(Cl)cc(NC(=O)Nc3ccc(Oc4ccnc(-c5cnn(C)c5)c4)cc3F)c2)CC1. The first-order valence-electron chi connectivity index (χ1n) is 12.1. The minimum Gasteiger partial charge on any atom is -0.457 e. The number of aromatic nitrogens is 3. The summed E-state index contributed by atoms with van der Waals surface area (Å²) in [5.74, 6) is 0.140. The minimum atomic E-state index is -0.636. The molecule has 0 radical (unpaired) electrons. The van der Waals surface area contributed by atoms with Crippen LogP contribution in [0.5, 0.6) is 11.5 Å². The number of anilines is 3. The summed E-state index contributed by atoms with van der Waals surface area (Å²) in [6.45, 7) is 3.63. The van der Waals surface area contributed by atoms with Crippen molar-refractivity contribution in [1.82, 2.24) is 19.7 Å². The van der Waals surface area contributed by atoms with Gasteiger partial charge in [0, 0.05) is 79.7 Å². The molecular weight excluding hydrogens is 509 g/mol. The maximum absolute atomic E-state index is 14.8. The van der Waals surface area contributed by atoms with E-state index in [1.807, 2.05) is 25.4 Å². The number of pyridine rings is 1. The maximum Gasteiger partial charge on any atom is 0.323 e. The fourth-order valence-electron chi connectivity index (χ4n) is 4.16. The first kappa shape index (κ1) is 25.5. The summed E-state index contributed by atoms with van der Waals surface area (Å²) in [6.07, 6.45) is 5.15. The molecule has 2 amide bonds. The molecule has 38 heavy (non-hydrogen) atoms. The Morgan fingerprint density at radius 1 is 1.00 bits per heavy atom. The van der Waals surface area contributed by atoms with E-state index in [2.05, 4.69) is 37.6 Å². The minimum absolute atomic E-state index is 0.0157. The topological polar surface area (TPSA) is 87.6 Å². The number of nitrogens with one attached hydrogen (secondary N) is 2. The molecule has 0 saturated carbocycles. The van der Waals surface area contributed by atoms with Gasteiger partial charge in [-0.1, -0.05) is 11.6 Å². The van der Waals surface area contributed by atoms with Crippen LogP contribution in [0.2, 0.25) is 5.02 Å². The lowest BCUT2D eigenvalue weighted by atomic mass is 10.2. The van der Waals surface area contributed by atoms with Gasteiger partial charge in [-0.05, 0) is 43.4 Å². The standard InChI is InChI=1S/C27H27ClFN7O2/c1-34-7-9-36(10-8-34)21-12-19(28)11-20(13-21)32-27(37)33-25-4-3-22(14-24(25)29)38-23-5-6-30-26(15-23)18-16-31-35(2)17-18/h3-6,11-17H,7-10H2,1-2H3,(H2,32,33,37). The van der Waals surface area contributed by atoms with Gasteiger partial charge in [0.05, 0.1) is 17.6 Å². The number of carbonyl (C=O) groups is 1. The average molecular weight is 536 g/mol. The van der Waals surface area contributed by atoms with E-state index >= 15 is 0 Å². The first-order chi connectivity index (χ1) is 18.3. The molecule has 1 aliphatic rings. The van der Waals surface area contributed by atoms with Crippen molar-refractivity contribution in [2.24, 2.45) is 7.05 Å². The third kappa shape index (κ3) is 6.21. The lowest BCUT2D eigenvalue weighted by Crippen LogP contribution is -2.44. The van der Waals surface area contributed by atoms with E-state index in [1.165, 1.54) is 12.1 Å². The van der Waals surface area contributed by atoms with Crippen LogP contribution in [0.3, 0.4) is 0 Å². The zero-order valence-corrected chi connectivity index (χ0v) is 21.7. The number of aryl methyl sites for hydroxylation is 1. The number of ether oxygens (including phenoxy) is 1. The van der Waals surface area contributed by atoms with Gasteiger partial charge in [0.25, 0.3) is 0 Å². The van der Waals surface area contributed by atoms with Gasteiger partial charge in [-0.2, -0.15) is 5.10 Å². The number of nitrogens with zero attached hydrogens (tertiary/aromatic N) is 5. The molecular formula is C27H27ClFN7O2. The Labute approximate surface area is 224 Å². The Kier molecular flexibility index (Phi) is 7.43. The Morgan fingerprint density at radius 3 is 2.53 bits per heavy atom. The average Bonchev–Trinajstić information content (AvgIpc) is 3.32. The van der Waals surface area contributed by atoms with Crippen LogP contribution >= 0.6 is 11.6 Å². The number of piperazine rings is 1. The van der Waals surface area contributed by atoms with Crippen LogP contribution in [0, 0.1) is 5.82 Å². The van der Waals surface area contributed by atoms with Crippen molar-refractivity contribution in [2.75, 3.05) is 48.8 Å². The zero-order valence-electron chi connectivity index (χ0n) is 21.0. The Bertz CT molecular complexity index is 1450. The molecule has 0 unspecified atom stereocenters. The van der Waals surface area contributed by atoms with Crippen LogP contribution in [-0.4, -0.2) is 58.9 Å². The van der Waals surface area contributed by atoms with E-state index < -0.39 is 11.8 Å². The molecule has 1 fully saturated rings. The molecule has 9 nitrogen and oxygen atoms in total. The van der Waals surface area contributed by atoms with Gasteiger partial charge < -0.3 is 25.2 Å². The largest absolute Gasteiger partial charge is 0.457 e. The number of carbonyl (C=O) groups excluding carboxylic acids is 1. The van der Waals surface area contributed by atoms with Crippen molar-refractivity contribution < 1.29 is 13.9 Å². The summed E-state index contributed by atoms with van der Waals surface area (Å²) in [7, 11) is 3.91. The van der Waals surface area contributed by atoms with Gasteiger partial charge in [-0.25, -0.2) is 9.18 Å². The lowest BCUT2D eigenvalue weighted by Gasteiger charge is -2.34. The second kappa shape index (κ2) is 11.1. The molecule has 196 valence electrons. The van der Waals surface area contributed by atoms with Gasteiger partial charge in [0.1, 0.15) is 17.3 Å². The fourth-order valence-corrected chi connectivity index (χ4v) is 4.39. The van der Waals surface area contributed by atoms with Crippen LogP contribution in [0.25, 0.3) is 11.3 Å². The number of rotatable bonds is 6. The molecule has 0 spiro atoms. The van der Waals surface area contributed by atoms with Crippen LogP contribution in [0.4, 0.5) is 26.2 Å². The summed E-state index contributed by atoms with van der Waals surface area (Å²) in [5, 5.41) is 9.94. The van der Waals surface area contributed by atoms with E-state index in [4.69, 9.17) is 16.3 Å². The van der Waals surface area contributed by atoms with Crippen molar-refractivity contribution in [3.05, 3.63) is 78.0 Å². The summed E-state index contributed by atoms with van der Waals surface area (Å²) in [4.78, 5) is 21.4. The quantitative estimate of drug-likeness (QED) is 0.341. The van der Waals surface area contributed by atoms with Crippen LogP contribution in [0.1, 0.15) is 0 Å².